The van der Waals surface area contributed by atoms with E-state index in [4.69, 9.17) is 0 Å². The average Bonchev–Trinajstić information content (AvgIpc) is 3.17. The molecule has 3 fully saturated rings. The van der Waals surface area contributed by atoms with Crippen molar-refractivity contribution in [1.29, 1.82) is 0 Å². The maximum atomic E-state index is 12.8. The molecule has 6 heteroatoms. The molecule has 1 aromatic carbocycles. The van der Waals surface area contributed by atoms with Gasteiger partial charge in [-0.15, -0.1) is 0 Å². The molecule has 3 amide bonds. The predicted molar refractivity (Wildman–Crippen MR) is 88.2 cm³/mol. The fourth-order valence-electron chi connectivity index (χ4n) is 4.98. The van der Waals surface area contributed by atoms with Crippen LogP contribution in [0.25, 0.3) is 0 Å². The number of allylic oxidation sites excluding steroid dienone is 2. The Labute approximate surface area is 147 Å². The van der Waals surface area contributed by atoms with E-state index in [2.05, 4.69) is 33.5 Å². The van der Waals surface area contributed by atoms with E-state index >= 15 is 0 Å². The lowest BCUT2D eigenvalue weighted by Crippen LogP contribution is -2.47. The van der Waals surface area contributed by atoms with Crippen LogP contribution in [0.1, 0.15) is 23.2 Å². The number of nitrogens with zero attached hydrogens (tertiary/aromatic N) is 1. The molecule has 1 aromatic rings. The molecule has 5 rings (SSSR count). The number of hydrazine groups is 1. The van der Waals surface area contributed by atoms with Gasteiger partial charge in [0.2, 0.25) is 0 Å². The number of hydrogen-bond acceptors (Lipinski definition) is 3. The monoisotopic (exact) mass is 386 g/mol. The van der Waals surface area contributed by atoms with E-state index in [1.165, 1.54) is 0 Å². The van der Waals surface area contributed by atoms with E-state index in [-0.39, 0.29) is 40.9 Å². The van der Waals surface area contributed by atoms with Crippen LogP contribution in [0.15, 0.2) is 40.9 Å². The largest absolute Gasteiger partial charge is 0.272 e. The standard InChI is InChI=1S/C18H15BrN2O3/c19-10-3-1-2-9(8-10)15(22)20-21-16(23)13-11-4-5-12(14(13)17(21)24)18(11)6-7-18/h1-5,8,11-14H,6-7H2,(H,20,22)/t11-,12-,13-,14+/m1/s1. The molecule has 0 unspecified atom stereocenters. The van der Waals surface area contributed by atoms with E-state index in [0.29, 0.717) is 5.56 Å². The van der Waals surface area contributed by atoms with Gasteiger partial charge in [-0.25, -0.2) is 0 Å². The van der Waals surface area contributed by atoms with Crippen LogP contribution < -0.4 is 5.43 Å². The first-order chi connectivity index (χ1) is 11.5. The molecule has 0 radical (unpaired) electrons. The summed E-state index contributed by atoms with van der Waals surface area (Å²) in [5, 5.41) is 0.959. The van der Waals surface area contributed by atoms with Crippen molar-refractivity contribution in [1.82, 2.24) is 10.4 Å². The second-order valence-corrected chi connectivity index (χ2v) is 8.10. The van der Waals surface area contributed by atoms with Crippen molar-refractivity contribution in [3.05, 3.63) is 46.5 Å². The number of imide groups is 1. The Morgan fingerprint density at radius 3 is 2.29 bits per heavy atom. The molecule has 5 nitrogen and oxygen atoms in total. The van der Waals surface area contributed by atoms with Gasteiger partial charge in [-0.1, -0.05) is 34.1 Å². The predicted octanol–water partition coefficient (Wildman–Crippen LogP) is 2.29. The van der Waals surface area contributed by atoms with E-state index in [1.807, 2.05) is 6.07 Å². The van der Waals surface area contributed by atoms with Crippen LogP contribution in [0.4, 0.5) is 0 Å². The number of carbonyl (C=O) groups excluding carboxylic acids is 3. The molecule has 1 spiro atoms. The summed E-state index contributed by atoms with van der Waals surface area (Å²) in [6.45, 7) is 0. The quantitative estimate of drug-likeness (QED) is 0.626. The number of carbonyl (C=O) groups is 3. The number of benzene rings is 1. The highest BCUT2D eigenvalue weighted by Gasteiger charge is 2.73. The molecular weight excluding hydrogens is 372 g/mol. The van der Waals surface area contributed by atoms with E-state index < -0.39 is 5.91 Å². The molecule has 0 aromatic heterocycles. The third-order valence-corrected chi connectivity index (χ3v) is 6.65. The Kier molecular flexibility index (Phi) is 2.74. The van der Waals surface area contributed by atoms with Crippen LogP contribution in [0, 0.1) is 29.1 Å². The van der Waals surface area contributed by atoms with Crippen LogP contribution in [0.3, 0.4) is 0 Å². The second-order valence-electron chi connectivity index (χ2n) is 7.18. The van der Waals surface area contributed by atoms with E-state index in [0.717, 1.165) is 22.3 Å². The minimum atomic E-state index is -0.445. The molecule has 1 aliphatic heterocycles. The molecule has 1 saturated heterocycles. The average molecular weight is 387 g/mol. The Morgan fingerprint density at radius 2 is 1.75 bits per heavy atom. The Balaban J connectivity index is 1.41. The lowest BCUT2D eigenvalue weighted by atomic mass is 9.85. The summed E-state index contributed by atoms with van der Waals surface area (Å²) in [6, 6.07) is 6.86. The number of fused-ring (bicyclic) bond motifs is 3. The smallest absolute Gasteiger partial charge is 0.270 e. The topological polar surface area (TPSA) is 66.5 Å². The van der Waals surface area contributed by atoms with Crippen molar-refractivity contribution >= 4 is 33.7 Å². The first-order valence-corrected chi connectivity index (χ1v) is 8.95. The molecule has 2 saturated carbocycles. The number of rotatable bonds is 2. The SMILES string of the molecule is O=C(NN1C(=O)[C@@H]2[C@H](C1=O)[C@H]1C=C[C@H]2C12CC2)c1cccc(Br)c1. The van der Waals surface area contributed by atoms with Crippen molar-refractivity contribution in [2.24, 2.45) is 29.1 Å². The zero-order chi connectivity index (χ0) is 16.6. The van der Waals surface area contributed by atoms with Gasteiger partial charge in [0.05, 0.1) is 11.8 Å². The van der Waals surface area contributed by atoms with Crippen molar-refractivity contribution < 1.29 is 14.4 Å². The Bertz CT molecular complexity index is 795. The second kappa shape index (κ2) is 4.57. The first kappa shape index (κ1) is 14.4. The summed E-state index contributed by atoms with van der Waals surface area (Å²) < 4.78 is 0.768. The van der Waals surface area contributed by atoms with Gasteiger partial charge in [0.15, 0.2) is 0 Å². The minimum absolute atomic E-state index is 0.164. The van der Waals surface area contributed by atoms with E-state index in [1.54, 1.807) is 18.2 Å². The molecule has 1 heterocycles. The van der Waals surface area contributed by atoms with Crippen molar-refractivity contribution in [3.8, 4) is 0 Å². The first-order valence-electron chi connectivity index (χ1n) is 8.16. The maximum Gasteiger partial charge on any atom is 0.270 e. The summed E-state index contributed by atoms with van der Waals surface area (Å²) in [4.78, 5) is 38.0. The third kappa shape index (κ3) is 1.67. The summed E-state index contributed by atoms with van der Waals surface area (Å²) in [7, 11) is 0. The van der Waals surface area contributed by atoms with Crippen LogP contribution in [0.5, 0.6) is 0 Å². The van der Waals surface area contributed by atoms with Crippen molar-refractivity contribution in [3.63, 3.8) is 0 Å². The van der Waals surface area contributed by atoms with Crippen molar-refractivity contribution in [2.75, 3.05) is 0 Å². The summed E-state index contributed by atoms with van der Waals surface area (Å²) in [6.07, 6.45) is 6.44. The highest BCUT2D eigenvalue weighted by atomic mass is 79.9. The molecule has 2 bridgehead atoms. The zero-order valence-corrected chi connectivity index (χ0v) is 14.3. The van der Waals surface area contributed by atoms with Gasteiger partial charge in [0.25, 0.3) is 17.7 Å². The molecule has 1 N–H and O–H groups in total. The highest BCUT2D eigenvalue weighted by Crippen LogP contribution is 2.73. The molecule has 3 aliphatic carbocycles. The number of halogens is 1. The van der Waals surface area contributed by atoms with Gasteiger partial charge in [-0.3, -0.25) is 19.8 Å². The highest BCUT2D eigenvalue weighted by molar-refractivity contribution is 9.10. The zero-order valence-electron chi connectivity index (χ0n) is 12.7. The summed E-state index contributed by atoms with van der Waals surface area (Å²) in [5.41, 5.74) is 3.09. The maximum absolute atomic E-state index is 12.8. The number of amides is 3. The van der Waals surface area contributed by atoms with E-state index in [9.17, 15) is 14.4 Å². The minimum Gasteiger partial charge on any atom is -0.272 e. The van der Waals surface area contributed by atoms with Gasteiger partial charge in [-0.2, -0.15) is 5.01 Å². The fraction of sp³-hybridized carbons (Fsp3) is 0.389. The van der Waals surface area contributed by atoms with Gasteiger partial charge in [0.1, 0.15) is 0 Å². The summed E-state index contributed by atoms with van der Waals surface area (Å²) in [5.74, 6) is -1.21. The van der Waals surface area contributed by atoms with Crippen LogP contribution in [-0.4, -0.2) is 22.7 Å². The molecule has 4 aliphatic rings. The van der Waals surface area contributed by atoms with Gasteiger partial charge < -0.3 is 0 Å². The van der Waals surface area contributed by atoms with Gasteiger partial charge in [-0.05, 0) is 48.3 Å². The molecular formula is C18H15BrN2O3. The Hall–Kier alpha value is -1.95. The fourth-order valence-corrected chi connectivity index (χ4v) is 5.38. The third-order valence-electron chi connectivity index (χ3n) is 6.15. The van der Waals surface area contributed by atoms with Crippen LogP contribution in [0.2, 0.25) is 0 Å². The Morgan fingerprint density at radius 1 is 1.12 bits per heavy atom. The lowest BCUT2D eigenvalue weighted by molar-refractivity contribution is -0.144. The summed E-state index contributed by atoms with van der Waals surface area (Å²) >= 11 is 3.31. The lowest BCUT2D eigenvalue weighted by Gasteiger charge is -2.22. The van der Waals surface area contributed by atoms with Crippen molar-refractivity contribution in [2.45, 2.75) is 12.8 Å². The van der Waals surface area contributed by atoms with Gasteiger partial charge >= 0.3 is 0 Å². The molecule has 24 heavy (non-hydrogen) atoms. The molecule has 122 valence electrons. The number of hydrogen-bond donors (Lipinski definition) is 1. The molecule has 4 atom stereocenters. The van der Waals surface area contributed by atoms with Crippen LogP contribution >= 0.6 is 15.9 Å². The van der Waals surface area contributed by atoms with Gasteiger partial charge in [0, 0.05) is 10.0 Å². The normalized spacial score (nSPS) is 34.1. The number of nitrogens with one attached hydrogen (secondary N) is 1. The van der Waals surface area contributed by atoms with Crippen LogP contribution in [-0.2, 0) is 9.59 Å².